The van der Waals surface area contributed by atoms with E-state index in [1.807, 2.05) is 4.90 Å². The Balaban J connectivity index is 1.51. The SMILES string of the molecule is O=C(Nc1cccc(NS(=O)(=O)c2ccccc2)c1)c1nc(N2CCCC2)ncc1Cl. The van der Waals surface area contributed by atoms with Gasteiger partial charge in [0.05, 0.1) is 21.8 Å². The number of anilines is 3. The highest BCUT2D eigenvalue weighted by atomic mass is 35.5. The second kappa shape index (κ2) is 8.91. The maximum Gasteiger partial charge on any atom is 0.276 e. The smallest absolute Gasteiger partial charge is 0.276 e. The first-order chi connectivity index (χ1) is 14.9. The number of carbonyl (C=O) groups is 1. The minimum absolute atomic E-state index is 0.0637. The van der Waals surface area contributed by atoms with E-state index in [-0.39, 0.29) is 15.6 Å². The van der Waals surface area contributed by atoms with Crippen LogP contribution in [0.2, 0.25) is 5.02 Å². The summed E-state index contributed by atoms with van der Waals surface area (Å²) in [5, 5.41) is 2.86. The Kier molecular flexibility index (Phi) is 6.06. The minimum atomic E-state index is -3.74. The van der Waals surface area contributed by atoms with Gasteiger partial charge < -0.3 is 10.2 Å². The second-order valence-electron chi connectivity index (χ2n) is 7.01. The van der Waals surface area contributed by atoms with Crippen molar-refractivity contribution in [2.75, 3.05) is 28.0 Å². The van der Waals surface area contributed by atoms with Crippen molar-refractivity contribution in [3.05, 3.63) is 71.5 Å². The number of aromatic nitrogens is 2. The Morgan fingerprint density at radius 1 is 1.00 bits per heavy atom. The number of halogens is 1. The molecule has 8 nitrogen and oxygen atoms in total. The topological polar surface area (TPSA) is 104 Å². The van der Waals surface area contributed by atoms with Crippen molar-refractivity contribution in [1.29, 1.82) is 0 Å². The summed E-state index contributed by atoms with van der Waals surface area (Å²) in [5.74, 6) is -0.0349. The Labute approximate surface area is 185 Å². The van der Waals surface area contributed by atoms with Crippen molar-refractivity contribution in [1.82, 2.24) is 9.97 Å². The summed E-state index contributed by atoms with van der Waals surface area (Å²) in [6.45, 7) is 1.68. The lowest BCUT2D eigenvalue weighted by Crippen LogP contribution is -2.23. The zero-order valence-electron chi connectivity index (χ0n) is 16.5. The largest absolute Gasteiger partial charge is 0.341 e. The standard InChI is InChI=1S/C21H20ClN5O3S/c22-18-14-23-21(27-11-4-5-12-27)25-19(18)20(28)24-15-7-6-8-16(13-15)26-31(29,30)17-9-2-1-3-10-17/h1-3,6-10,13-14,26H,4-5,11-12H2,(H,24,28). The average Bonchev–Trinajstić information content (AvgIpc) is 3.29. The van der Waals surface area contributed by atoms with Gasteiger partial charge in [-0.05, 0) is 43.2 Å². The molecule has 3 aromatic rings. The van der Waals surface area contributed by atoms with Gasteiger partial charge in [0.25, 0.3) is 15.9 Å². The molecule has 1 aliphatic rings. The zero-order chi connectivity index (χ0) is 21.8. The molecule has 0 radical (unpaired) electrons. The lowest BCUT2D eigenvalue weighted by Gasteiger charge is -2.16. The summed E-state index contributed by atoms with van der Waals surface area (Å²) >= 11 is 6.15. The zero-order valence-corrected chi connectivity index (χ0v) is 18.0. The van der Waals surface area contributed by atoms with Crippen LogP contribution in [0.15, 0.2) is 65.7 Å². The number of nitrogens with zero attached hydrogens (tertiary/aromatic N) is 3. The minimum Gasteiger partial charge on any atom is -0.341 e. The summed E-state index contributed by atoms with van der Waals surface area (Å²) in [6.07, 6.45) is 3.53. The van der Waals surface area contributed by atoms with Crippen LogP contribution in [0, 0.1) is 0 Å². The predicted octanol–water partition coefficient (Wildman–Crippen LogP) is 3.78. The third-order valence-electron chi connectivity index (χ3n) is 4.76. The molecule has 0 atom stereocenters. The summed E-state index contributed by atoms with van der Waals surface area (Å²) in [6, 6.07) is 14.4. The fourth-order valence-electron chi connectivity index (χ4n) is 3.25. The van der Waals surface area contributed by atoms with Crippen LogP contribution < -0.4 is 14.9 Å². The van der Waals surface area contributed by atoms with E-state index in [9.17, 15) is 13.2 Å². The van der Waals surface area contributed by atoms with Gasteiger partial charge in [0.15, 0.2) is 5.69 Å². The first kappa shape index (κ1) is 21.1. The summed E-state index contributed by atoms with van der Waals surface area (Å²) in [7, 11) is -3.74. The highest BCUT2D eigenvalue weighted by Crippen LogP contribution is 2.23. The van der Waals surface area contributed by atoms with Crippen LogP contribution in [0.3, 0.4) is 0 Å². The van der Waals surface area contributed by atoms with Crippen molar-refractivity contribution < 1.29 is 13.2 Å². The van der Waals surface area contributed by atoms with E-state index < -0.39 is 15.9 Å². The number of sulfonamides is 1. The van der Waals surface area contributed by atoms with Crippen LogP contribution in [-0.2, 0) is 10.0 Å². The monoisotopic (exact) mass is 457 g/mol. The molecule has 2 heterocycles. The molecule has 31 heavy (non-hydrogen) atoms. The Morgan fingerprint density at radius 2 is 1.71 bits per heavy atom. The molecule has 2 aromatic carbocycles. The molecule has 10 heteroatoms. The summed E-state index contributed by atoms with van der Waals surface area (Å²) < 4.78 is 27.6. The van der Waals surface area contributed by atoms with Gasteiger partial charge in [0.1, 0.15) is 0 Å². The first-order valence-electron chi connectivity index (χ1n) is 9.69. The van der Waals surface area contributed by atoms with Crippen LogP contribution in [0.4, 0.5) is 17.3 Å². The third kappa shape index (κ3) is 4.95. The average molecular weight is 458 g/mol. The molecule has 1 saturated heterocycles. The number of hydrogen-bond acceptors (Lipinski definition) is 6. The van der Waals surface area contributed by atoms with Gasteiger partial charge in [0, 0.05) is 18.8 Å². The van der Waals surface area contributed by atoms with Crippen molar-refractivity contribution in [2.24, 2.45) is 0 Å². The molecule has 0 unspecified atom stereocenters. The predicted molar refractivity (Wildman–Crippen MR) is 120 cm³/mol. The van der Waals surface area contributed by atoms with Crippen LogP contribution >= 0.6 is 11.6 Å². The highest BCUT2D eigenvalue weighted by Gasteiger charge is 2.20. The maximum absolute atomic E-state index is 12.8. The summed E-state index contributed by atoms with van der Waals surface area (Å²) in [5.41, 5.74) is 0.776. The van der Waals surface area contributed by atoms with Gasteiger partial charge in [-0.25, -0.2) is 18.4 Å². The fourth-order valence-corrected chi connectivity index (χ4v) is 4.50. The lowest BCUT2D eigenvalue weighted by atomic mass is 10.2. The fraction of sp³-hybridized carbons (Fsp3) is 0.190. The van der Waals surface area contributed by atoms with E-state index in [1.165, 1.54) is 24.4 Å². The molecule has 160 valence electrons. The number of carbonyl (C=O) groups excluding carboxylic acids is 1. The molecular formula is C21H20ClN5O3S. The Bertz CT molecular complexity index is 1200. The molecule has 0 aliphatic carbocycles. The number of rotatable bonds is 6. The van der Waals surface area contributed by atoms with Gasteiger partial charge >= 0.3 is 0 Å². The maximum atomic E-state index is 12.8. The molecule has 1 aliphatic heterocycles. The molecular weight excluding hydrogens is 438 g/mol. The van der Waals surface area contributed by atoms with E-state index in [0.717, 1.165) is 25.9 Å². The van der Waals surface area contributed by atoms with Gasteiger partial charge in [-0.2, -0.15) is 0 Å². The van der Waals surface area contributed by atoms with Crippen LogP contribution in [0.5, 0.6) is 0 Å². The molecule has 1 amide bonds. The number of hydrogen-bond donors (Lipinski definition) is 2. The highest BCUT2D eigenvalue weighted by molar-refractivity contribution is 7.92. The molecule has 4 rings (SSSR count). The van der Waals surface area contributed by atoms with Crippen LogP contribution in [-0.4, -0.2) is 37.4 Å². The van der Waals surface area contributed by atoms with E-state index in [1.54, 1.807) is 36.4 Å². The number of amides is 1. The molecule has 0 saturated carbocycles. The Morgan fingerprint density at radius 3 is 2.45 bits per heavy atom. The van der Waals surface area contributed by atoms with E-state index in [2.05, 4.69) is 20.0 Å². The molecule has 1 fully saturated rings. The van der Waals surface area contributed by atoms with Gasteiger partial charge in [0.2, 0.25) is 5.95 Å². The number of nitrogens with one attached hydrogen (secondary N) is 2. The molecule has 0 bridgehead atoms. The van der Waals surface area contributed by atoms with Crippen LogP contribution in [0.1, 0.15) is 23.3 Å². The van der Waals surface area contributed by atoms with Crippen molar-refractivity contribution in [3.63, 3.8) is 0 Å². The van der Waals surface area contributed by atoms with Crippen LogP contribution in [0.25, 0.3) is 0 Å². The first-order valence-corrected chi connectivity index (χ1v) is 11.6. The van der Waals surface area contributed by atoms with Gasteiger partial charge in [-0.3, -0.25) is 9.52 Å². The van der Waals surface area contributed by atoms with Gasteiger partial charge in [-0.15, -0.1) is 0 Å². The number of benzene rings is 2. The molecule has 0 spiro atoms. The lowest BCUT2D eigenvalue weighted by molar-refractivity contribution is 0.102. The quantitative estimate of drug-likeness (QED) is 0.583. The third-order valence-corrected chi connectivity index (χ3v) is 6.44. The molecule has 1 aromatic heterocycles. The van der Waals surface area contributed by atoms with E-state index >= 15 is 0 Å². The normalized spacial score (nSPS) is 13.8. The van der Waals surface area contributed by atoms with Crippen molar-refractivity contribution >= 4 is 44.9 Å². The van der Waals surface area contributed by atoms with Gasteiger partial charge in [-0.1, -0.05) is 35.9 Å². The second-order valence-corrected chi connectivity index (χ2v) is 9.10. The van der Waals surface area contributed by atoms with E-state index in [0.29, 0.717) is 17.3 Å². The van der Waals surface area contributed by atoms with E-state index in [4.69, 9.17) is 11.6 Å². The molecule has 2 N–H and O–H groups in total. The van der Waals surface area contributed by atoms with Crippen molar-refractivity contribution in [3.8, 4) is 0 Å². The summed E-state index contributed by atoms with van der Waals surface area (Å²) in [4.78, 5) is 23.5. The van der Waals surface area contributed by atoms with Crippen molar-refractivity contribution in [2.45, 2.75) is 17.7 Å². The Hall–Kier alpha value is -3.17.